The number of ketones is 1. The van der Waals surface area contributed by atoms with Gasteiger partial charge >= 0.3 is 5.97 Å². The van der Waals surface area contributed by atoms with Crippen molar-refractivity contribution >= 4 is 40.3 Å². The molecular formula is C33H45BrFN3O7. The van der Waals surface area contributed by atoms with E-state index in [0.29, 0.717) is 49.4 Å². The molecule has 1 unspecified atom stereocenters. The Bertz CT molecular complexity index is 1420. The minimum atomic E-state index is -0.989. The second kappa shape index (κ2) is 14.8. The number of Topliss-reactive ketones (excluding diaryl/α,β-unsaturated/α-hetero) is 1. The summed E-state index contributed by atoms with van der Waals surface area (Å²) in [5, 5.41) is 18.0. The summed E-state index contributed by atoms with van der Waals surface area (Å²) in [7, 11) is 1.62. The van der Waals surface area contributed by atoms with Crippen molar-refractivity contribution in [2.24, 2.45) is 0 Å². The SMILES string of the molecule is Br.CCOc1cc2c(c(F)c1OCC)C(=N)N(CC(=O)c1cc(N3CCC(OC(C)C(=O)O)CC3)c(OC)c(C(C)(C)C)c1)C2. The first-order valence-corrected chi connectivity index (χ1v) is 15.1. The Morgan fingerprint density at radius 3 is 2.29 bits per heavy atom. The monoisotopic (exact) mass is 693 g/mol. The molecule has 0 aromatic heterocycles. The van der Waals surface area contributed by atoms with Crippen LogP contribution in [0.5, 0.6) is 17.2 Å². The van der Waals surface area contributed by atoms with Crippen molar-refractivity contribution in [3.05, 3.63) is 46.3 Å². The number of anilines is 1. The highest BCUT2D eigenvalue weighted by atomic mass is 79.9. The van der Waals surface area contributed by atoms with Gasteiger partial charge in [-0.3, -0.25) is 10.2 Å². The molecule has 0 radical (unpaired) electrons. The highest BCUT2D eigenvalue weighted by Gasteiger charge is 2.34. The van der Waals surface area contributed by atoms with Gasteiger partial charge in [-0.25, -0.2) is 9.18 Å². The predicted octanol–water partition coefficient (Wildman–Crippen LogP) is 5.99. The van der Waals surface area contributed by atoms with E-state index in [1.165, 1.54) is 6.92 Å². The van der Waals surface area contributed by atoms with Crippen LogP contribution in [0.3, 0.4) is 0 Å². The number of hydrogen-bond acceptors (Lipinski definition) is 8. The van der Waals surface area contributed by atoms with Crippen LogP contribution in [-0.4, -0.2) is 79.8 Å². The number of carbonyl (C=O) groups excluding carboxylic acids is 1. The summed E-state index contributed by atoms with van der Waals surface area (Å²) in [5.74, 6) is -0.975. The topological polar surface area (TPSA) is 122 Å². The van der Waals surface area contributed by atoms with Crippen LogP contribution in [0.2, 0.25) is 0 Å². The molecule has 2 aliphatic rings. The summed E-state index contributed by atoms with van der Waals surface area (Å²) in [4.78, 5) is 28.8. The number of halogens is 2. The van der Waals surface area contributed by atoms with E-state index in [4.69, 9.17) is 24.4 Å². The Balaban J connectivity index is 0.00000552. The third-order valence-corrected chi connectivity index (χ3v) is 8.04. The summed E-state index contributed by atoms with van der Waals surface area (Å²) in [6.45, 7) is 13.1. The van der Waals surface area contributed by atoms with Crippen molar-refractivity contribution in [2.75, 3.05) is 44.9 Å². The number of nitrogens with zero attached hydrogens (tertiary/aromatic N) is 2. The van der Waals surface area contributed by atoms with Crippen LogP contribution in [0, 0.1) is 11.2 Å². The van der Waals surface area contributed by atoms with Gasteiger partial charge in [-0.2, -0.15) is 0 Å². The molecule has 2 aliphatic heterocycles. The second-order valence-corrected chi connectivity index (χ2v) is 12.2. The van der Waals surface area contributed by atoms with E-state index in [1.54, 1.807) is 31.9 Å². The van der Waals surface area contributed by atoms with Crippen LogP contribution < -0.4 is 19.1 Å². The Hall–Kier alpha value is -3.38. The minimum absolute atomic E-state index is 0. The predicted molar refractivity (Wildman–Crippen MR) is 176 cm³/mol. The number of benzene rings is 2. The number of methoxy groups -OCH3 is 1. The maximum atomic E-state index is 15.6. The van der Waals surface area contributed by atoms with Crippen LogP contribution >= 0.6 is 17.0 Å². The minimum Gasteiger partial charge on any atom is -0.494 e. The van der Waals surface area contributed by atoms with Crippen LogP contribution in [0.15, 0.2) is 18.2 Å². The highest BCUT2D eigenvalue weighted by molar-refractivity contribution is 8.93. The number of rotatable bonds is 12. The summed E-state index contributed by atoms with van der Waals surface area (Å²) in [5.41, 5.74) is 2.46. The van der Waals surface area contributed by atoms with Crippen molar-refractivity contribution in [3.8, 4) is 17.2 Å². The fourth-order valence-electron chi connectivity index (χ4n) is 5.78. The number of aliphatic carboxylic acids is 1. The maximum absolute atomic E-state index is 15.6. The Morgan fingerprint density at radius 1 is 1.09 bits per heavy atom. The second-order valence-electron chi connectivity index (χ2n) is 12.2. The molecule has 0 aliphatic carbocycles. The van der Waals surface area contributed by atoms with Crippen LogP contribution in [0.25, 0.3) is 0 Å². The van der Waals surface area contributed by atoms with Crippen molar-refractivity contribution < 1.29 is 38.0 Å². The lowest BCUT2D eigenvalue weighted by molar-refractivity contribution is -0.153. The van der Waals surface area contributed by atoms with Gasteiger partial charge in [0.1, 0.15) is 11.6 Å². The van der Waals surface area contributed by atoms with Gasteiger partial charge in [-0.05, 0) is 62.8 Å². The quantitative estimate of drug-likeness (QED) is 0.258. The van der Waals surface area contributed by atoms with E-state index in [1.807, 2.05) is 12.1 Å². The number of amidine groups is 1. The number of carboxylic acid groups (broad SMARTS) is 1. The molecule has 2 heterocycles. The molecule has 0 saturated carbocycles. The first kappa shape index (κ1) is 36.1. The zero-order chi connectivity index (χ0) is 32.3. The standard InChI is InChI=1S/C33H44FN3O7.BrH/c1-8-42-26-16-21-17-37(31(35)27(21)28(34)30(26)43-9-2)18-25(38)20-14-23(33(4,5)6)29(41-7)24(15-20)36-12-10-22(11-13-36)44-19(3)32(39)40;/h14-16,19,22,35H,8-13,17-18H2,1-7H3,(H,39,40);1H. The molecule has 248 valence electrons. The van der Waals surface area contributed by atoms with Crippen molar-refractivity contribution in [1.29, 1.82) is 5.41 Å². The normalized spacial score (nSPS) is 15.8. The average Bonchev–Trinajstić information content (AvgIpc) is 3.28. The molecular weight excluding hydrogens is 649 g/mol. The first-order chi connectivity index (χ1) is 20.8. The molecule has 0 amide bonds. The lowest BCUT2D eigenvalue weighted by Crippen LogP contribution is -2.39. The Labute approximate surface area is 275 Å². The molecule has 0 bridgehead atoms. The number of carbonyl (C=O) groups is 2. The van der Waals surface area contributed by atoms with Gasteiger partial charge < -0.3 is 33.9 Å². The molecule has 45 heavy (non-hydrogen) atoms. The van der Waals surface area contributed by atoms with E-state index >= 15 is 4.39 Å². The zero-order valence-electron chi connectivity index (χ0n) is 27.1. The molecule has 2 aromatic carbocycles. The highest BCUT2D eigenvalue weighted by Crippen LogP contribution is 2.42. The van der Waals surface area contributed by atoms with E-state index in [0.717, 1.165) is 11.3 Å². The van der Waals surface area contributed by atoms with E-state index in [9.17, 15) is 14.7 Å². The van der Waals surface area contributed by atoms with E-state index < -0.39 is 17.9 Å². The molecule has 1 fully saturated rings. The molecule has 1 atom stereocenters. The third-order valence-electron chi connectivity index (χ3n) is 8.04. The van der Waals surface area contributed by atoms with Gasteiger partial charge in [0.2, 0.25) is 0 Å². The Kier molecular flexibility index (Phi) is 11.9. The van der Waals surface area contributed by atoms with E-state index in [-0.39, 0.29) is 76.9 Å². The molecule has 2 N–H and O–H groups in total. The molecule has 2 aromatic rings. The summed E-state index contributed by atoms with van der Waals surface area (Å²) in [6.07, 6.45) is 0.206. The van der Waals surface area contributed by atoms with Crippen LogP contribution in [-0.2, 0) is 21.5 Å². The maximum Gasteiger partial charge on any atom is 0.332 e. The number of carboxylic acids is 1. The van der Waals surface area contributed by atoms with Crippen molar-refractivity contribution in [1.82, 2.24) is 4.90 Å². The number of fused-ring (bicyclic) bond motifs is 1. The number of ether oxygens (including phenoxy) is 4. The zero-order valence-corrected chi connectivity index (χ0v) is 28.8. The third kappa shape index (κ3) is 7.71. The smallest absolute Gasteiger partial charge is 0.332 e. The summed E-state index contributed by atoms with van der Waals surface area (Å²) < 4.78 is 38.3. The first-order valence-electron chi connectivity index (χ1n) is 15.1. The van der Waals surface area contributed by atoms with E-state index in [2.05, 4.69) is 25.7 Å². The number of nitrogens with one attached hydrogen (secondary N) is 1. The fraction of sp³-hybridized carbons (Fsp3) is 0.545. The van der Waals surface area contributed by atoms with Gasteiger partial charge in [0.25, 0.3) is 0 Å². The molecule has 10 nitrogen and oxygen atoms in total. The fourth-order valence-corrected chi connectivity index (χ4v) is 5.78. The average molecular weight is 695 g/mol. The Morgan fingerprint density at radius 2 is 1.73 bits per heavy atom. The number of hydrogen-bond donors (Lipinski definition) is 2. The molecule has 1 saturated heterocycles. The number of piperidine rings is 1. The van der Waals surface area contributed by atoms with Gasteiger partial charge in [0, 0.05) is 30.8 Å². The van der Waals surface area contributed by atoms with Gasteiger partial charge in [0.05, 0.1) is 44.2 Å². The lowest BCUT2D eigenvalue weighted by atomic mass is 9.84. The van der Waals surface area contributed by atoms with Gasteiger partial charge in [-0.15, -0.1) is 17.0 Å². The summed E-state index contributed by atoms with van der Waals surface area (Å²) in [6, 6.07) is 5.37. The van der Waals surface area contributed by atoms with Crippen LogP contribution in [0.4, 0.5) is 10.1 Å². The largest absolute Gasteiger partial charge is 0.494 e. The molecule has 4 rings (SSSR count). The lowest BCUT2D eigenvalue weighted by Gasteiger charge is -2.36. The van der Waals surface area contributed by atoms with Crippen LogP contribution in [0.1, 0.15) is 81.4 Å². The van der Waals surface area contributed by atoms with Crippen molar-refractivity contribution in [3.63, 3.8) is 0 Å². The molecule has 0 spiro atoms. The van der Waals surface area contributed by atoms with Gasteiger partial charge in [0.15, 0.2) is 29.2 Å². The van der Waals surface area contributed by atoms with Gasteiger partial charge in [-0.1, -0.05) is 20.8 Å². The molecule has 12 heteroatoms. The summed E-state index contributed by atoms with van der Waals surface area (Å²) >= 11 is 0. The van der Waals surface area contributed by atoms with Crippen molar-refractivity contribution in [2.45, 2.75) is 78.6 Å².